The molecule has 3 N–H and O–H groups in total. The Morgan fingerprint density at radius 3 is 2.53 bits per heavy atom. The van der Waals surface area contributed by atoms with Crippen molar-refractivity contribution in [3.63, 3.8) is 0 Å². The highest BCUT2D eigenvalue weighted by Gasteiger charge is 2.11. The second kappa shape index (κ2) is 5.75. The van der Waals surface area contributed by atoms with Crippen molar-refractivity contribution in [3.05, 3.63) is 56.5 Å². The molecule has 0 unspecified atom stereocenters. The highest BCUT2D eigenvalue weighted by atomic mass is 79.9. The van der Waals surface area contributed by atoms with Crippen molar-refractivity contribution >= 4 is 49.1 Å². The summed E-state index contributed by atoms with van der Waals surface area (Å²) >= 11 is 6.75. The van der Waals surface area contributed by atoms with Gasteiger partial charge in [-0.25, -0.2) is 0 Å². The van der Waals surface area contributed by atoms with Crippen LogP contribution in [0.5, 0.6) is 0 Å². The Morgan fingerprint density at radius 2 is 1.89 bits per heavy atom. The maximum Gasteiger partial charge on any atom is 0.255 e. The minimum Gasteiger partial charge on any atom is -0.399 e. The summed E-state index contributed by atoms with van der Waals surface area (Å²) in [6.45, 7) is 1.90. The van der Waals surface area contributed by atoms with E-state index in [0.29, 0.717) is 16.9 Å². The van der Waals surface area contributed by atoms with Gasteiger partial charge in [-0.1, -0.05) is 15.9 Å². The topological polar surface area (TPSA) is 55.1 Å². The van der Waals surface area contributed by atoms with Crippen molar-refractivity contribution in [2.45, 2.75) is 6.92 Å². The number of carbonyl (C=O) groups excluding carboxylic acids is 1. The van der Waals surface area contributed by atoms with Crippen LogP contribution in [-0.2, 0) is 0 Å². The van der Waals surface area contributed by atoms with Crippen LogP contribution >= 0.6 is 31.9 Å². The molecule has 0 aromatic heterocycles. The quantitative estimate of drug-likeness (QED) is 0.757. The fourth-order valence-corrected chi connectivity index (χ4v) is 2.68. The molecule has 3 nitrogen and oxygen atoms in total. The van der Waals surface area contributed by atoms with Gasteiger partial charge in [0.2, 0.25) is 0 Å². The Morgan fingerprint density at radius 1 is 1.16 bits per heavy atom. The fourth-order valence-electron chi connectivity index (χ4n) is 1.70. The minimum absolute atomic E-state index is 0.143. The van der Waals surface area contributed by atoms with Crippen molar-refractivity contribution in [2.24, 2.45) is 0 Å². The van der Waals surface area contributed by atoms with Crippen LogP contribution in [0, 0.1) is 6.92 Å². The molecule has 1 amide bonds. The first-order valence-corrected chi connectivity index (χ1v) is 7.18. The zero-order valence-electron chi connectivity index (χ0n) is 10.2. The highest BCUT2D eigenvalue weighted by Crippen LogP contribution is 2.25. The van der Waals surface area contributed by atoms with Gasteiger partial charge in [0.05, 0.1) is 5.69 Å². The molecule has 0 fully saturated rings. The molecule has 19 heavy (non-hydrogen) atoms. The number of hydrogen-bond donors (Lipinski definition) is 2. The van der Waals surface area contributed by atoms with Crippen LogP contribution in [0.3, 0.4) is 0 Å². The molecule has 0 saturated carbocycles. The van der Waals surface area contributed by atoms with E-state index in [1.807, 2.05) is 19.1 Å². The number of nitrogens with two attached hydrogens (primary N) is 1. The number of nitrogen functional groups attached to an aromatic ring is 1. The van der Waals surface area contributed by atoms with Crippen LogP contribution in [0.4, 0.5) is 11.4 Å². The lowest BCUT2D eigenvalue weighted by Gasteiger charge is -2.10. The Bertz CT molecular complexity index is 641. The summed E-state index contributed by atoms with van der Waals surface area (Å²) in [5.74, 6) is -0.143. The van der Waals surface area contributed by atoms with Crippen LogP contribution < -0.4 is 11.1 Å². The molecule has 0 atom stereocenters. The molecule has 0 saturated heterocycles. The van der Waals surface area contributed by atoms with Gasteiger partial charge in [-0.2, -0.15) is 0 Å². The van der Waals surface area contributed by atoms with Gasteiger partial charge in [0.25, 0.3) is 5.91 Å². The second-order valence-electron chi connectivity index (χ2n) is 4.15. The number of hydrogen-bond acceptors (Lipinski definition) is 2. The summed E-state index contributed by atoms with van der Waals surface area (Å²) in [4.78, 5) is 12.2. The van der Waals surface area contributed by atoms with Gasteiger partial charge in [-0.15, -0.1) is 0 Å². The first-order valence-electron chi connectivity index (χ1n) is 5.60. The normalized spacial score (nSPS) is 10.3. The molecule has 5 heteroatoms. The average Bonchev–Trinajstić information content (AvgIpc) is 2.32. The molecule has 0 aliphatic heterocycles. The lowest BCUT2D eigenvalue weighted by Crippen LogP contribution is -2.13. The van der Waals surface area contributed by atoms with Crippen LogP contribution in [0.1, 0.15) is 15.9 Å². The maximum absolute atomic E-state index is 12.2. The van der Waals surface area contributed by atoms with Gasteiger partial charge in [0, 0.05) is 20.2 Å². The molecule has 0 spiro atoms. The number of rotatable bonds is 2. The van der Waals surface area contributed by atoms with Crippen molar-refractivity contribution in [1.29, 1.82) is 0 Å². The molecule has 0 radical (unpaired) electrons. The van der Waals surface area contributed by atoms with Crippen LogP contribution in [0.25, 0.3) is 0 Å². The predicted octanol–water partition coefficient (Wildman–Crippen LogP) is 4.35. The van der Waals surface area contributed by atoms with Crippen molar-refractivity contribution in [2.75, 3.05) is 11.1 Å². The predicted molar refractivity (Wildman–Crippen MR) is 85.4 cm³/mol. The summed E-state index contributed by atoms with van der Waals surface area (Å²) in [7, 11) is 0. The van der Waals surface area contributed by atoms with Gasteiger partial charge >= 0.3 is 0 Å². The molecule has 98 valence electrons. The number of halogens is 2. The summed E-state index contributed by atoms with van der Waals surface area (Å²) in [6.07, 6.45) is 0. The van der Waals surface area contributed by atoms with Gasteiger partial charge in [0.15, 0.2) is 0 Å². The standard InChI is InChI=1S/C14H12Br2N2O/c1-8-6-9(15)2-4-11(8)14(19)18-13-5-3-10(17)7-12(13)16/h2-7H,17H2,1H3,(H,18,19). The van der Waals surface area contributed by atoms with E-state index in [9.17, 15) is 4.79 Å². The fraction of sp³-hybridized carbons (Fsp3) is 0.0714. The van der Waals surface area contributed by atoms with Crippen LogP contribution in [0.2, 0.25) is 0 Å². The summed E-state index contributed by atoms with van der Waals surface area (Å²) < 4.78 is 1.71. The van der Waals surface area contributed by atoms with E-state index in [2.05, 4.69) is 37.2 Å². The zero-order valence-corrected chi connectivity index (χ0v) is 13.4. The van der Waals surface area contributed by atoms with Gasteiger partial charge in [0.1, 0.15) is 0 Å². The van der Waals surface area contributed by atoms with E-state index in [1.54, 1.807) is 24.3 Å². The third kappa shape index (κ3) is 3.36. The minimum atomic E-state index is -0.143. The van der Waals surface area contributed by atoms with Crippen LogP contribution in [0.15, 0.2) is 45.3 Å². The Kier molecular flexibility index (Phi) is 4.27. The first kappa shape index (κ1) is 14.1. The number of amides is 1. The van der Waals surface area contributed by atoms with E-state index in [4.69, 9.17) is 5.73 Å². The summed E-state index contributed by atoms with van der Waals surface area (Å²) in [5, 5.41) is 2.86. The van der Waals surface area contributed by atoms with E-state index < -0.39 is 0 Å². The molecular weight excluding hydrogens is 372 g/mol. The third-order valence-corrected chi connectivity index (χ3v) is 3.82. The molecular formula is C14H12Br2N2O. The third-order valence-electron chi connectivity index (χ3n) is 2.67. The number of anilines is 2. The summed E-state index contributed by atoms with van der Waals surface area (Å²) in [5.41, 5.74) is 8.56. The molecule has 0 aliphatic rings. The van der Waals surface area contributed by atoms with E-state index in [0.717, 1.165) is 14.5 Å². The lowest BCUT2D eigenvalue weighted by atomic mass is 10.1. The van der Waals surface area contributed by atoms with E-state index in [-0.39, 0.29) is 5.91 Å². The number of benzene rings is 2. The molecule has 0 aliphatic carbocycles. The Labute approximate surface area is 128 Å². The number of aryl methyl sites for hydroxylation is 1. The average molecular weight is 384 g/mol. The molecule has 2 aromatic rings. The van der Waals surface area contributed by atoms with Crippen molar-refractivity contribution in [1.82, 2.24) is 0 Å². The van der Waals surface area contributed by atoms with Crippen molar-refractivity contribution < 1.29 is 4.79 Å². The Hall–Kier alpha value is -1.33. The van der Waals surface area contributed by atoms with Gasteiger partial charge < -0.3 is 11.1 Å². The SMILES string of the molecule is Cc1cc(Br)ccc1C(=O)Nc1ccc(N)cc1Br. The number of carbonyl (C=O) groups is 1. The zero-order chi connectivity index (χ0) is 14.0. The van der Waals surface area contributed by atoms with E-state index >= 15 is 0 Å². The molecule has 2 aromatic carbocycles. The molecule has 0 heterocycles. The smallest absolute Gasteiger partial charge is 0.255 e. The molecule has 2 rings (SSSR count). The van der Waals surface area contributed by atoms with Crippen LogP contribution in [-0.4, -0.2) is 5.91 Å². The van der Waals surface area contributed by atoms with Crippen molar-refractivity contribution in [3.8, 4) is 0 Å². The molecule has 0 bridgehead atoms. The number of nitrogens with one attached hydrogen (secondary N) is 1. The lowest BCUT2D eigenvalue weighted by molar-refractivity contribution is 0.102. The largest absolute Gasteiger partial charge is 0.399 e. The monoisotopic (exact) mass is 382 g/mol. The first-order chi connectivity index (χ1) is 8.97. The summed E-state index contributed by atoms with van der Waals surface area (Å²) in [6, 6.07) is 10.8. The maximum atomic E-state index is 12.2. The van der Waals surface area contributed by atoms with Gasteiger partial charge in [-0.3, -0.25) is 4.79 Å². The Balaban J connectivity index is 2.25. The van der Waals surface area contributed by atoms with Gasteiger partial charge in [-0.05, 0) is 64.8 Å². The highest BCUT2D eigenvalue weighted by molar-refractivity contribution is 9.10. The van der Waals surface area contributed by atoms with E-state index in [1.165, 1.54) is 0 Å². The second-order valence-corrected chi connectivity index (χ2v) is 5.92.